The minimum Gasteiger partial charge on any atom is -0.342 e. The standard InChI is InChI=1S/C18H24ClFN2O/c19-16-6-5-7-17(20)15(16)12-22(14-8-9-14)13-18(23)21-10-3-1-2-4-11-21/h5-7,14H,1-4,8-13H2. The summed E-state index contributed by atoms with van der Waals surface area (Å²) < 4.78 is 14.0. The normalized spacial score (nSPS) is 19.0. The molecule has 1 amide bonds. The Labute approximate surface area is 142 Å². The van der Waals surface area contributed by atoms with Gasteiger partial charge in [-0.2, -0.15) is 0 Å². The average molecular weight is 339 g/mol. The van der Waals surface area contributed by atoms with Gasteiger partial charge in [0.2, 0.25) is 5.91 Å². The number of benzene rings is 1. The molecule has 0 bridgehead atoms. The summed E-state index contributed by atoms with van der Waals surface area (Å²) in [6, 6.07) is 5.15. The first kappa shape index (κ1) is 16.7. The van der Waals surface area contributed by atoms with Crippen LogP contribution in [0.15, 0.2) is 18.2 Å². The third kappa shape index (κ3) is 4.45. The molecule has 1 aliphatic heterocycles. The second-order valence-electron chi connectivity index (χ2n) is 6.63. The van der Waals surface area contributed by atoms with Crippen molar-refractivity contribution in [1.82, 2.24) is 9.80 Å². The van der Waals surface area contributed by atoms with Crippen molar-refractivity contribution >= 4 is 17.5 Å². The third-order valence-corrected chi connectivity index (χ3v) is 5.14. The van der Waals surface area contributed by atoms with Crippen molar-refractivity contribution in [2.45, 2.75) is 51.1 Å². The van der Waals surface area contributed by atoms with Gasteiger partial charge in [0.05, 0.1) is 6.54 Å². The lowest BCUT2D eigenvalue weighted by Crippen LogP contribution is -2.41. The van der Waals surface area contributed by atoms with Crippen LogP contribution in [0.25, 0.3) is 0 Å². The van der Waals surface area contributed by atoms with E-state index in [9.17, 15) is 9.18 Å². The van der Waals surface area contributed by atoms with Crippen molar-refractivity contribution in [2.24, 2.45) is 0 Å². The fraction of sp³-hybridized carbons (Fsp3) is 0.611. The number of likely N-dealkylation sites (tertiary alicyclic amines) is 1. The fourth-order valence-corrected chi connectivity index (χ4v) is 3.46. The van der Waals surface area contributed by atoms with Crippen molar-refractivity contribution in [1.29, 1.82) is 0 Å². The van der Waals surface area contributed by atoms with Crippen molar-refractivity contribution in [3.63, 3.8) is 0 Å². The zero-order valence-corrected chi connectivity index (χ0v) is 14.2. The van der Waals surface area contributed by atoms with E-state index in [1.807, 2.05) is 4.90 Å². The Balaban J connectivity index is 1.66. The molecule has 2 aliphatic rings. The Morgan fingerprint density at radius 3 is 2.52 bits per heavy atom. The molecular formula is C18H24ClFN2O. The van der Waals surface area contributed by atoms with Gasteiger partial charge in [-0.05, 0) is 37.8 Å². The smallest absolute Gasteiger partial charge is 0.236 e. The van der Waals surface area contributed by atoms with Crippen molar-refractivity contribution < 1.29 is 9.18 Å². The maximum absolute atomic E-state index is 14.0. The molecule has 1 aromatic rings. The predicted molar refractivity (Wildman–Crippen MR) is 89.9 cm³/mol. The molecular weight excluding hydrogens is 315 g/mol. The largest absolute Gasteiger partial charge is 0.342 e. The summed E-state index contributed by atoms with van der Waals surface area (Å²) in [5, 5.41) is 0.442. The molecule has 2 fully saturated rings. The zero-order chi connectivity index (χ0) is 16.2. The van der Waals surface area contributed by atoms with Crippen LogP contribution in [-0.4, -0.2) is 41.4 Å². The lowest BCUT2D eigenvalue weighted by Gasteiger charge is -2.27. The maximum atomic E-state index is 14.0. The Morgan fingerprint density at radius 2 is 1.91 bits per heavy atom. The molecule has 3 nitrogen and oxygen atoms in total. The molecule has 126 valence electrons. The molecule has 1 aliphatic carbocycles. The van der Waals surface area contributed by atoms with Gasteiger partial charge in [-0.3, -0.25) is 9.69 Å². The van der Waals surface area contributed by atoms with Gasteiger partial charge < -0.3 is 4.90 Å². The van der Waals surface area contributed by atoms with E-state index in [1.165, 1.54) is 18.9 Å². The summed E-state index contributed by atoms with van der Waals surface area (Å²) in [6.07, 6.45) is 6.77. The summed E-state index contributed by atoms with van der Waals surface area (Å²) in [5.74, 6) is -0.114. The van der Waals surface area contributed by atoms with Gasteiger partial charge in [0.1, 0.15) is 5.82 Å². The number of halogens is 2. The number of carbonyl (C=O) groups excluding carboxylic acids is 1. The van der Waals surface area contributed by atoms with E-state index in [2.05, 4.69) is 4.90 Å². The second-order valence-corrected chi connectivity index (χ2v) is 7.04. The molecule has 23 heavy (non-hydrogen) atoms. The molecule has 1 saturated heterocycles. The molecule has 0 unspecified atom stereocenters. The average Bonchev–Trinajstić information content (AvgIpc) is 3.36. The minimum absolute atomic E-state index is 0.172. The first-order valence-corrected chi connectivity index (χ1v) is 8.97. The highest BCUT2D eigenvalue weighted by atomic mass is 35.5. The number of hydrogen-bond donors (Lipinski definition) is 0. The Hall–Kier alpha value is -1.13. The van der Waals surface area contributed by atoms with Crippen molar-refractivity contribution in [2.75, 3.05) is 19.6 Å². The molecule has 1 saturated carbocycles. The van der Waals surface area contributed by atoms with Gasteiger partial charge in [-0.25, -0.2) is 4.39 Å². The van der Waals surface area contributed by atoms with Gasteiger partial charge in [0.15, 0.2) is 0 Å². The molecule has 0 spiro atoms. The van der Waals surface area contributed by atoms with Crippen LogP contribution in [0.1, 0.15) is 44.1 Å². The van der Waals surface area contributed by atoms with Gasteiger partial charge in [-0.15, -0.1) is 0 Å². The van der Waals surface area contributed by atoms with Crippen LogP contribution in [0.3, 0.4) is 0 Å². The Morgan fingerprint density at radius 1 is 1.22 bits per heavy atom. The van der Waals surface area contributed by atoms with E-state index >= 15 is 0 Å². The Bertz CT molecular complexity index is 534. The first-order chi connectivity index (χ1) is 11.1. The zero-order valence-electron chi connectivity index (χ0n) is 13.4. The molecule has 0 N–H and O–H groups in total. The van der Waals surface area contributed by atoms with Crippen LogP contribution in [0.4, 0.5) is 4.39 Å². The second kappa shape index (κ2) is 7.63. The topological polar surface area (TPSA) is 23.6 Å². The van der Waals surface area contributed by atoms with E-state index in [0.29, 0.717) is 29.7 Å². The van der Waals surface area contributed by atoms with Gasteiger partial charge in [0, 0.05) is 36.3 Å². The van der Waals surface area contributed by atoms with E-state index in [1.54, 1.807) is 12.1 Å². The maximum Gasteiger partial charge on any atom is 0.236 e. The molecule has 1 aromatic carbocycles. The molecule has 0 aromatic heterocycles. The fourth-order valence-electron chi connectivity index (χ4n) is 3.23. The third-order valence-electron chi connectivity index (χ3n) is 4.78. The lowest BCUT2D eigenvalue weighted by molar-refractivity contribution is -0.132. The first-order valence-electron chi connectivity index (χ1n) is 8.60. The van der Waals surface area contributed by atoms with Crippen molar-refractivity contribution in [3.8, 4) is 0 Å². The van der Waals surface area contributed by atoms with Crippen LogP contribution in [0.5, 0.6) is 0 Å². The molecule has 5 heteroatoms. The van der Waals surface area contributed by atoms with Gasteiger partial charge in [0.25, 0.3) is 0 Å². The molecule has 0 atom stereocenters. The van der Waals surface area contributed by atoms with Crippen LogP contribution < -0.4 is 0 Å². The highest BCUT2D eigenvalue weighted by molar-refractivity contribution is 6.31. The highest BCUT2D eigenvalue weighted by Crippen LogP contribution is 2.30. The van der Waals surface area contributed by atoms with E-state index < -0.39 is 0 Å². The molecule has 3 rings (SSSR count). The lowest BCUT2D eigenvalue weighted by atomic mass is 10.2. The van der Waals surface area contributed by atoms with Crippen LogP contribution >= 0.6 is 11.6 Å². The Kier molecular flexibility index (Phi) is 5.54. The SMILES string of the molecule is O=C(CN(Cc1c(F)cccc1Cl)C1CC1)N1CCCCCC1. The minimum atomic E-state index is -0.287. The number of amides is 1. The molecule has 0 radical (unpaired) electrons. The predicted octanol–water partition coefficient (Wildman–Crippen LogP) is 3.85. The summed E-state index contributed by atoms with van der Waals surface area (Å²) in [6.45, 7) is 2.50. The highest BCUT2D eigenvalue weighted by Gasteiger charge is 2.32. The van der Waals surface area contributed by atoms with Crippen molar-refractivity contribution in [3.05, 3.63) is 34.6 Å². The van der Waals surface area contributed by atoms with Gasteiger partial charge >= 0.3 is 0 Å². The van der Waals surface area contributed by atoms with Crippen LogP contribution in [0.2, 0.25) is 5.02 Å². The summed E-state index contributed by atoms with van der Waals surface area (Å²) in [5.41, 5.74) is 0.504. The van der Waals surface area contributed by atoms with E-state index in [0.717, 1.165) is 38.8 Å². The van der Waals surface area contributed by atoms with E-state index in [4.69, 9.17) is 11.6 Å². The van der Waals surface area contributed by atoms with Gasteiger partial charge in [-0.1, -0.05) is 30.5 Å². The summed E-state index contributed by atoms with van der Waals surface area (Å²) in [7, 11) is 0. The summed E-state index contributed by atoms with van der Waals surface area (Å²) >= 11 is 6.14. The number of nitrogens with zero attached hydrogens (tertiary/aromatic N) is 2. The van der Waals surface area contributed by atoms with E-state index in [-0.39, 0.29) is 11.7 Å². The molecule has 1 heterocycles. The van der Waals surface area contributed by atoms with Crippen LogP contribution in [-0.2, 0) is 11.3 Å². The van der Waals surface area contributed by atoms with Crippen LogP contribution in [0, 0.1) is 5.82 Å². The quantitative estimate of drug-likeness (QED) is 0.814. The summed E-state index contributed by atoms with van der Waals surface area (Å²) in [4.78, 5) is 16.7. The number of carbonyl (C=O) groups is 1. The number of hydrogen-bond acceptors (Lipinski definition) is 2. The monoisotopic (exact) mass is 338 g/mol. The number of rotatable bonds is 5.